The first-order valence-corrected chi connectivity index (χ1v) is 7.48. The summed E-state index contributed by atoms with van der Waals surface area (Å²) in [5.41, 5.74) is 8.17. The quantitative estimate of drug-likeness (QED) is 0.506. The molecule has 0 bridgehead atoms. The fraction of sp³-hybridized carbons (Fsp3) is 0.100. The summed E-state index contributed by atoms with van der Waals surface area (Å²) in [4.78, 5) is 9.19. The predicted octanol–water partition coefficient (Wildman–Crippen LogP) is 4.46. The molecule has 0 amide bonds. The van der Waals surface area contributed by atoms with Gasteiger partial charge in [0.2, 0.25) is 0 Å². The van der Waals surface area contributed by atoms with E-state index in [4.69, 9.17) is 4.99 Å². The van der Waals surface area contributed by atoms with E-state index in [1.807, 2.05) is 18.5 Å². The average Bonchev–Trinajstić information content (AvgIpc) is 2.72. The summed E-state index contributed by atoms with van der Waals surface area (Å²) < 4.78 is 0. The standard InChI is InChI=1S/C20H16N2/c1-14-7-8-16-12-17-9-10-21-13-19(17)22-20(18(16)11-14)15-5-3-2-4-6-15/h2-11,13H,12H2,1H3. The van der Waals surface area contributed by atoms with Gasteiger partial charge in [-0.25, -0.2) is 4.99 Å². The summed E-state index contributed by atoms with van der Waals surface area (Å²) in [5, 5.41) is 0. The number of hydrogen-bond acceptors (Lipinski definition) is 2. The van der Waals surface area contributed by atoms with Crippen LogP contribution < -0.4 is 0 Å². The molecule has 2 heterocycles. The summed E-state index contributed by atoms with van der Waals surface area (Å²) >= 11 is 0. The van der Waals surface area contributed by atoms with E-state index in [0.717, 1.165) is 23.4 Å². The maximum Gasteiger partial charge on any atom is 0.0855 e. The molecule has 4 rings (SSSR count). The zero-order valence-corrected chi connectivity index (χ0v) is 12.5. The summed E-state index contributed by atoms with van der Waals surface area (Å²) in [6.45, 7) is 2.13. The molecule has 1 aliphatic rings. The van der Waals surface area contributed by atoms with Gasteiger partial charge in [0.15, 0.2) is 0 Å². The van der Waals surface area contributed by atoms with Gasteiger partial charge in [-0.2, -0.15) is 0 Å². The highest BCUT2D eigenvalue weighted by Gasteiger charge is 2.18. The van der Waals surface area contributed by atoms with Crippen molar-refractivity contribution in [3.05, 3.63) is 94.8 Å². The van der Waals surface area contributed by atoms with Crippen molar-refractivity contribution in [2.24, 2.45) is 4.99 Å². The monoisotopic (exact) mass is 284 g/mol. The van der Waals surface area contributed by atoms with Crippen molar-refractivity contribution >= 4 is 11.4 Å². The van der Waals surface area contributed by atoms with Crippen molar-refractivity contribution in [2.75, 3.05) is 0 Å². The third kappa shape index (κ3) is 2.23. The number of nitrogens with zero attached hydrogens (tertiary/aromatic N) is 2. The number of aromatic nitrogens is 1. The van der Waals surface area contributed by atoms with E-state index in [1.165, 1.54) is 22.3 Å². The largest absolute Gasteiger partial charge is 0.262 e. The lowest BCUT2D eigenvalue weighted by atomic mass is 9.93. The van der Waals surface area contributed by atoms with E-state index in [-0.39, 0.29) is 0 Å². The van der Waals surface area contributed by atoms with E-state index in [2.05, 4.69) is 60.4 Å². The molecule has 1 aliphatic heterocycles. The Kier molecular flexibility index (Phi) is 3.08. The third-order valence-electron chi connectivity index (χ3n) is 4.07. The van der Waals surface area contributed by atoms with Crippen LogP contribution in [0.15, 0.2) is 72.0 Å². The minimum atomic E-state index is 0.896. The van der Waals surface area contributed by atoms with E-state index < -0.39 is 0 Å². The Morgan fingerprint density at radius 2 is 1.77 bits per heavy atom. The van der Waals surface area contributed by atoms with Crippen LogP contribution in [0.2, 0.25) is 0 Å². The third-order valence-corrected chi connectivity index (χ3v) is 4.07. The van der Waals surface area contributed by atoms with Gasteiger partial charge in [0.25, 0.3) is 0 Å². The van der Waals surface area contributed by atoms with Crippen molar-refractivity contribution in [1.29, 1.82) is 0 Å². The van der Waals surface area contributed by atoms with Gasteiger partial charge in [-0.3, -0.25) is 4.98 Å². The highest BCUT2D eigenvalue weighted by Crippen LogP contribution is 2.30. The molecule has 2 nitrogen and oxygen atoms in total. The second kappa shape index (κ2) is 5.23. The van der Waals surface area contributed by atoms with Crippen LogP contribution >= 0.6 is 0 Å². The first-order chi connectivity index (χ1) is 10.8. The molecule has 0 aliphatic carbocycles. The van der Waals surface area contributed by atoms with Crippen LogP contribution in [-0.2, 0) is 6.42 Å². The predicted molar refractivity (Wildman–Crippen MR) is 90.0 cm³/mol. The average molecular weight is 284 g/mol. The Hall–Kier alpha value is -2.74. The number of rotatable bonds is 1. The van der Waals surface area contributed by atoms with Crippen LogP contribution in [0, 0.1) is 6.92 Å². The molecule has 0 spiro atoms. The molecule has 0 saturated carbocycles. The molecule has 0 radical (unpaired) electrons. The molecule has 2 aromatic carbocycles. The summed E-state index contributed by atoms with van der Waals surface area (Å²) in [7, 11) is 0. The van der Waals surface area contributed by atoms with Crippen LogP contribution in [0.25, 0.3) is 0 Å². The van der Waals surface area contributed by atoms with Crippen LogP contribution in [0.5, 0.6) is 0 Å². The van der Waals surface area contributed by atoms with Crippen molar-refractivity contribution in [2.45, 2.75) is 13.3 Å². The smallest absolute Gasteiger partial charge is 0.0855 e. The maximum atomic E-state index is 4.95. The molecule has 0 fully saturated rings. The van der Waals surface area contributed by atoms with Crippen molar-refractivity contribution in [1.82, 2.24) is 4.98 Å². The summed E-state index contributed by atoms with van der Waals surface area (Å²) in [5.74, 6) is 0. The molecule has 106 valence electrons. The molecular formula is C20H16N2. The molecular weight excluding hydrogens is 268 g/mol. The minimum Gasteiger partial charge on any atom is -0.262 e. The highest BCUT2D eigenvalue weighted by molar-refractivity contribution is 6.15. The lowest BCUT2D eigenvalue weighted by molar-refractivity contribution is 1.16. The second-order valence-electron chi connectivity index (χ2n) is 5.67. The van der Waals surface area contributed by atoms with Gasteiger partial charge in [0.05, 0.1) is 17.6 Å². The summed E-state index contributed by atoms with van der Waals surface area (Å²) in [6.07, 6.45) is 4.60. The van der Waals surface area contributed by atoms with Gasteiger partial charge in [-0.15, -0.1) is 0 Å². The molecule has 0 N–H and O–H groups in total. The van der Waals surface area contributed by atoms with Crippen molar-refractivity contribution in [3.8, 4) is 0 Å². The van der Waals surface area contributed by atoms with Crippen LogP contribution in [0.4, 0.5) is 5.69 Å². The number of fused-ring (bicyclic) bond motifs is 2. The lowest BCUT2D eigenvalue weighted by Crippen LogP contribution is -2.06. The zero-order valence-electron chi connectivity index (χ0n) is 12.5. The Balaban J connectivity index is 2.01. The first-order valence-electron chi connectivity index (χ1n) is 7.48. The van der Waals surface area contributed by atoms with E-state index in [0.29, 0.717) is 0 Å². The lowest BCUT2D eigenvalue weighted by Gasteiger charge is -2.10. The Morgan fingerprint density at radius 3 is 2.64 bits per heavy atom. The maximum absolute atomic E-state index is 4.95. The normalized spacial score (nSPS) is 12.9. The molecule has 0 saturated heterocycles. The van der Waals surface area contributed by atoms with Crippen LogP contribution in [0.3, 0.4) is 0 Å². The van der Waals surface area contributed by atoms with E-state index in [1.54, 1.807) is 0 Å². The molecule has 2 heteroatoms. The molecule has 22 heavy (non-hydrogen) atoms. The molecule has 3 aromatic rings. The Labute approximate surface area is 130 Å². The van der Waals surface area contributed by atoms with Gasteiger partial charge in [-0.1, -0.05) is 48.0 Å². The van der Waals surface area contributed by atoms with Crippen molar-refractivity contribution in [3.63, 3.8) is 0 Å². The number of aliphatic imine (C=N–C) groups is 1. The Bertz CT molecular complexity index is 864. The zero-order chi connectivity index (χ0) is 14.9. The number of hydrogen-bond donors (Lipinski definition) is 0. The van der Waals surface area contributed by atoms with Gasteiger partial charge < -0.3 is 0 Å². The highest BCUT2D eigenvalue weighted by atomic mass is 14.8. The van der Waals surface area contributed by atoms with Crippen LogP contribution in [-0.4, -0.2) is 10.7 Å². The van der Waals surface area contributed by atoms with Crippen LogP contribution in [0.1, 0.15) is 27.8 Å². The number of pyridine rings is 1. The molecule has 0 atom stereocenters. The van der Waals surface area contributed by atoms with Crippen molar-refractivity contribution < 1.29 is 0 Å². The number of benzene rings is 2. The van der Waals surface area contributed by atoms with E-state index >= 15 is 0 Å². The minimum absolute atomic E-state index is 0.896. The fourth-order valence-electron chi connectivity index (χ4n) is 2.93. The SMILES string of the molecule is Cc1ccc2c(c1)C(c1ccccc1)=Nc1cnccc1C2. The van der Waals surface area contributed by atoms with Gasteiger partial charge >= 0.3 is 0 Å². The van der Waals surface area contributed by atoms with Gasteiger partial charge in [0, 0.05) is 23.7 Å². The van der Waals surface area contributed by atoms with Gasteiger partial charge in [0.1, 0.15) is 0 Å². The Morgan fingerprint density at radius 1 is 0.909 bits per heavy atom. The fourth-order valence-corrected chi connectivity index (χ4v) is 2.93. The van der Waals surface area contributed by atoms with Gasteiger partial charge in [-0.05, 0) is 30.2 Å². The molecule has 1 aromatic heterocycles. The van der Waals surface area contributed by atoms with E-state index in [9.17, 15) is 0 Å². The summed E-state index contributed by atoms with van der Waals surface area (Å²) in [6, 6.07) is 19.1. The topological polar surface area (TPSA) is 25.2 Å². The second-order valence-corrected chi connectivity index (χ2v) is 5.67. The number of aryl methyl sites for hydroxylation is 1. The molecule has 0 unspecified atom stereocenters. The first kappa shape index (κ1) is 13.0.